The Morgan fingerprint density at radius 3 is 2.56 bits per heavy atom. The number of imidazole rings is 1. The lowest BCUT2D eigenvalue weighted by atomic mass is 10.1. The first-order valence-electron chi connectivity index (χ1n) is 9.69. The van der Waals surface area contributed by atoms with Crippen LogP contribution in [0, 0.1) is 11.6 Å². The fourth-order valence-electron chi connectivity index (χ4n) is 3.61. The summed E-state index contributed by atoms with van der Waals surface area (Å²) in [6.45, 7) is 1.71. The molecule has 32 heavy (non-hydrogen) atoms. The van der Waals surface area contributed by atoms with E-state index in [1.54, 1.807) is 31.2 Å². The number of esters is 1. The minimum absolute atomic E-state index is 0.0281. The van der Waals surface area contributed by atoms with Gasteiger partial charge in [0.1, 0.15) is 11.6 Å². The number of carbonyl (C=O) groups excluding carboxylic acids is 1. The van der Waals surface area contributed by atoms with Gasteiger partial charge in [-0.1, -0.05) is 18.2 Å². The van der Waals surface area contributed by atoms with Crippen LogP contribution in [0.4, 0.5) is 8.78 Å². The molecule has 0 N–H and O–H groups in total. The van der Waals surface area contributed by atoms with Crippen LogP contribution < -0.4 is 11.2 Å². The lowest BCUT2D eigenvalue weighted by molar-refractivity contribution is 0.0599. The van der Waals surface area contributed by atoms with E-state index in [1.807, 2.05) is 0 Å². The maximum absolute atomic E-state index is 14.5. The summed E-state index contributed by atoms with van der Waals surface area (Å²) in [5.74, 6) is -2.31. The molecule has 0 bridgehead atoms. The van der Waals surface area contributed by atoms with E-state index in [2.05, 4.69) is 4.98 Å². The van der Waals surface area contributed by atoms with E-state index in [1.165, 1.54) is 18.0 Å². The number of nitrogens with zero attached hydrogens (tertiary/aromatic N) is 4. The van der Waals surface area contributed by atoms with Crippen LogP contribution in [0.3, 0.4) is 0 Å². The predicted molar refractivity (Wildman–Crippen MR) is 112 cm³/mol. The van der Waals surface area contributed by atoms with Crippen LogP contribution >= 0.6 is 0 Å². The van der Waals surface area contributed by atoms with Crippen molar-refractivity contribution in [3.63, 3.8) is 0 Å². The van der Waals surface area contributed by atoms with Crippen molar-refractivity contribution in [2.24, 2.45) is 0 Å². The molecule has 164 valence electrons. The van der Waals surface area contributed by atoms with Gasteiger partial charge in [0.05, 0.1) is 31.2 Å². The summed E-state index contributed by atoms with van der Waals surface area (Å²) in [6, 6.07) is 9.48. The van der Waals surface area contributed by atoms with E-state index in [-0.39, 0.29) is 29.9 Å². The lowest BCUT2D eigenvalue weighted by Crippen LogP contribution is -2.40. The first-order chi connectivity index (χ1) is 15.4. The third-order valence-corrected chi connectivity index (χ3v) is 5.13. The highest BCUT2D eigenvalue weighted by Crippen LogP contribution is 2.19. The van der Waals surface area contributed by atoms with Gasteiger partial charge in [0, 0.05) is 12.6 Å². The fraction of sp³-hybridized carbons (Fsp3) is 0.182. The molecule has 0 spiro atoms. The molecule has 0 saturated heterocycles. The molecule has 0 aliphatic carbocycles. The van der Waals surface area contributed by atoms with Gasteiger partial charge in [-0.25, -0.2) is 27.9 Å². The molecular weight excluding hydrogens is 422 g/mol. The van der Waals surface area contributed by atoms with Crippen molar-refractivity contribution in [2.75, 3.05) is 7.11 Å². The molecule has 0 amide bonds. The van der Waals surface area contributed by atoms with Crippen LogP contribution in [0.15, 0.2) is 58.4 Å². The van der Waals surface area contributed by atoms with Gasteiger partial charge in [0.2, 0.25) is 0 Å². The van der Waals surface area contributed by atoms with Crippen molar-refractivity contribution in [1.82, 2.24) is 18.7 Å². The third-order valence-electron chi connectivity index (χ3n) is 5.13. The van der Waals surface area contributed by atoms with E-state index in [0.29, 0.717) is 17.2 Å². The molecule has 0 aliphatic heterocycles. The highest BCUT2D eigenvalue weighted by molar-refractivity contribution is 5.91. The number of halogens is 2. The first kappa shape index (κ1) is 21.2. The Morgan fingerprint density at radius 1 is 1.12 bits per heavy atom. The number of hydrogen-bond donors (Lipinski definition) is 0. The topological polar surface area (TPSA) is 88.1 Å². The quantitative estimate of drug-likeness (QED) is 0.445. The van der Waals surface area contributed by atoms with Gasteiger partial charge in [-0.15, -0.1) is 0 Å². The van der Waals surface area contributed by atoms with Crippen LogP contribution in [0.5, 0.6) is 0 Å². The lowest BCUT2D eigenvalue weighted by Gasteiger charge is -2.13. The second-order valence-electron chi connectivity index (χ2n) is 6.96. The monoisotopic (exact) mass is 440 g/mol. The average molecular weight is 440 g/mol. The Kier molecular flexibility index (Phi) is 5.43. The smallest absolute Gasteiger partial charge is 0.338 e. The summed E-state index contributed by atoms with van der Waals surface area (Å²) in [7, 11) is 1.27. The molecule has 0 saturated carbocycles. The zero-order valence-corrected chi connectivity index (χ0v) is 17.2. The highest BCUT2D eigenvalue weighted by atomic mass is 19.1. The Labute approximate surface area is 179 Å². The second-order valence-corrected chi connectivity index (χ2v) is 6.96. The molecule has 0 aliphatic rings. The second kappa shape index (κ2) is 8.22. The minimum atomic E-state index is -0.972. The maximum atomic E-state index is 14.5. The number of rotatable bonds is 5. The summed E-state index contributed by atoms with van der Waals surface area (Å²) in [6.07, 6.45) is 1.33. The molecule has 10 heteroatoms. The molecule has 4 aromatic rings. The van der Waals surface area contributed by atoms with E-state index < -0.39 is 28.9 Å². The van der Waals surface area contributed by atoms with Gasteiger partial charge < -0.3 is 9.30 Å². The van der Waals surface area contributed by atoms with Crippen LogP contribution in [-0.4, -0.2) is 31.8 Å². The summed E-state index contributed by atoms with van der Waals surface area (Å²) in [5, 5.41) is 0. The van der Waals surface area contributed by atoms with Crippen molar-refractivity contribution in [3.8, 4) is 5.69 Å². The van der Waals surface area contributed by atoms with Gasteiger partial charge in [-0.2, -0.15) is 0 Å². The summed E-state index contributed by atoms with van der Waals surface area (Å²) >= 11 is 0. The summed E-state index contributed by atoms with van der Waals surface area (Å²) in [5.41, 5.74) is -0.808. The number of hydrogen-bond acceptors (Lipinski definition) is 5. The molecule has 4 rings (SSSR count). The SMILES string of the molecule is CCn1c(=O)c2c(ncn2Cc2ccccc2C(=O)OC)n(-c2ccc(F)cc2F)c1=O. The largest absolute Gasteiger partial charge is 0.465 e. The van der Waals surface area contributed by atoms with Gasteiger partial charge in [-0.05, 0) is 30.7 Å². The molecule has 2 heterocycles. The van der Waals surface area contributed by atoms with Crippen molar-refractivity contribution < 1.29 is 18.3 Å². The predicted octanol–water partition coefficient (Wildman–Crippen LogP) is 2.48. The van der Waals surface area contributed by atoms with E-state index in [9.17, 15) is 23.2 Å². The Hall–Kier alpha value is -4.08. The van der Waals surface area contributed by atoms with Crippen LogP contribution in [0.25, 0.3) is 16.9 Å². The molecule has 0 unspecified atom stereocenters. The Bertz CT molecular complexity index is 1470. The number of carbonyl (C=O) groups is 1. The number of benzene rings is 2. The molecule has 2 aromatic carbocycles. The summed E-state index contributed by atoms with van der Waals surface area (Å²) < 4.78 is 36.1. The van der Waals surface area contributed by atoms with Crippen LogP contribution in [-0.2, 0) is 17.8 Å². The van der Waals surface area contributed by atoms with E-state index in [0.717, 1.165) is 21.3 Å². The molecule has 0 atom stereocenters. The number of methoxy groups -OCH3 is 1. The average Bonchev–Trinajstić information content (AvgIpc) is 3.19. The number of fused-ring (bicyclic) bond motifs is 1. The Balaban J connectivity index is 1.99. The Morgan fingerprint density at radius 2 is 1.88 bits per heavy atom. The van der Waals surface area contributed by atoms with Gasteiger partial charge in [-0.3, -0.25) is 9.36 Å². The van der Waals surface area contributed by atoms with Crippen molar-refractivity contribution in [3.05, 3.63) is 92.4 Å². The maximum Gasteiger partial charge on any atom is 0.338 e. The van der Waals surface area contributed by atoms with E-state index >= 15 is 0 Å². The summed E-state index contributed by atoms with van der Waals surface area (Å²) in [4.78, 5) is 42.4. The molecule has 8 nitrogen and oxygen atoms in total. The van der Waals surface area contributed by atoms with Crippen molar-refractivity contribution in [2.45, 2.75) is 20.0 Å². The van der Waals surface area contributed by atoms with Crippen LogP contribution in [0.2, 0.25) is 0 Å². The zero-order valence-electron chi connectivity index (χ0n) is 17.2. The van der Waals surface area contributed by atoms with Crippen molar-refractivity contribution in [1.29, 1.82) is 0 Å². The molecule has 0 radical (unpaired) electrons. The molecule has 0 fully saturated rings. The highest BCUT2D eigenvalue weighted by Gasteiger charge is 2.21. The van der Waals surface area contributed by atoms with Crippen molar-refractivity contribution >= 4 is 17.1 Å². The van der Waals surface area contributed by atoms with Gasteiger partial charge >= 0.3 is 11.7 Å². The fourth-order valence-corrected chi connectivity index (χ4v) is 3.61. The minimum Gasteiger partial charge on any atom is -0.465 e. The third kappa shape index (κ3) is 3.39. The van der Waals surface area contributed by atoms with E-state index in [4.69, 9.17) is 4.74 Å². The normalized spacial score (nSPS) is 11.1. The standard InChI is InChI=1S/C22H18F2N4O4/c1-3-27-20(29)18-19(28(22(27)31)17-9-8-14(23)10-16(17)24)25-12-26(18)11-13-6-4-5-7-15(13)21(30)32-2/h4-10,12H,3,11H2,1-2H3. The number of ether oxygens (including phenoxy) is 1. The van der Waals surface area contributed by atoms with Crippen LogP contribution in [0.1, 0.15) is 22.8 Å². The molecular formula is C22H18F2N4O4. The first-order valence-corrected chi connectivity index (χ1v) is 9.69. The zero-order chi connectivity index (χ0) is 23.0. The van der Waals surface area contributed by atoms with Gasteiger partial charge in [0.25, 0.3) is 5.56 Å². The number of aromatic nitrogens is 4. The van der Waals surface area contributed by atoms with Gasteiger partial charge in [0.15, 0.2) is 11.2 Å². The molecule has 2 aromatic heterocycles.